The van der Waals surface area contributed by atoms with E-state index in [-0.39, 0.29) is 7.43 Å². The number of rotatable bonds is 1. The first kappa shape index (κ1) is 29.4. The minimum Gasteiger partial charge on any atom is -0.481 e. The van der Waals surface area contributed by atoms with Gasteiger partial charge in [0.15, 0.2) is 0 Å². The molecule has 4 fully saturated rings. The quantitative estimate of drug-likeness (QED) is 0.384. The van der Waals surface area contributed by atoms with Crippen molar-refractivity contribution in [3.63, 3.8) is 0 Å². The molecule has 0 aromatic heterocycles. The molecule has 5 rings (SSSR count). The van der Waals surface area contributed by atoms with Crippen LogP contribution in [0.1, 0.15) is 133 Å². The Kier molecular flexibility index (Phi) is 9.60. The zero-order valence-electron chi connectivity index (χ0n) is 23.2. The monoisotopic (exact) mass is 474 g/mol. The van der Waals surface area contributed by atoms with Crippen LogP contribution in [-0.2, 0) is 4.79 Å². The number of carboxylic acid groups (broad SMARTS) is 1. The van der Waals surface area contributed by atoms with E-state index in [0.717, 1.165) is 43.4 Å². The van der Waals surface area contributed by atoms with Crippen LogP contribution in [0.2, 0.25) is 0 Å². The molecule has 0 aromatic carbocycles. The molecule has 0 heterocycles. The van der Waals surface area contributed by atoms with Gasteiger partial charge in [0.25, 0.3) is 0 Å². The number of carboxylic acids is 1. The maximum absolute atomic E-state index is 12.5. The SMILES string of the molecule is C.CC.CC.CC1CCCC2(C(=O)O)CCC3C(=CCC4C3(C)CCC3C(C)CCCC34C)C12. The molecule has 198 valence electrons. The summed E-state index contributed by atoms with van der Waals surface area (Å²) in [5, 5.41) is 10.3. The smallest absolute Gasteiger partial charge is 0.310 e. The number of allylic oxidation sites excluding steroid dienone is 2. The highest BCUT2D eigenvalue weighted by molar-refractivity contribution is 5.76. The highest BCUT2D eigenvalue weighted by Crippen LogP contribution is 2.70. The lowest BCUT2D eigenvalue weighted by Crippen LogP contribution is -2.59. The van der Waals surface area contributed by atoms with Crippen molar-refractivity contribution in [2.75, 3.05) is 0 Å². The van der Waals surface area contributed by atoms with E-state index in [1.54, 1.807) is 5.57 Å². The summed E-state index contributed by atoms with van der Waals surface area (Å²) in [7, 11) is 0. The van der Waals surface area contributed by atoms with Gasteiger partial charge < -0.3 is 5.11 Å². The largest absolute Gasteiger partial charge is 0.481 e. The molecule has 5 aliphatic carbocycles. The molecule has 2 heteroatoms. The van der Waals surface area contributed by atoms with Gasteiger partial charge >= 0.3 is 5.97 Å². The lowest BCUT2D eigenvalue weighted by molar-refractivity contribution is -0.165. The number of hydrogen-bond donors (Lipinski definition) is 1. The van der Waals surface area contributed by atoms with E-state index in [4.69, 9.17) is 0 Å². The summed E-state index contributed by atoms with van der Waals surface area (Å²) in [6.45, 7) is 18.1. The maximum atomic E-state index is 12.5. The molecule has 0 aliphatic heterocycles. The Bertz CT molecular complexity index is 725. The van der Waals surface area contributed by atoms with Gasteiger partial charge in [-0.3, -0.25) is 4.79 Å². The molecule has 5 aliphatic rings. The number of fused-ring (bicyclic) bond motifs is 7. The first-order valence-corrected chi connectivity index (χ1v) is 14.7. The topological polar surface area (TPSA) is 37.3 Å². The van der Waals surface area contributed by atoms with Crippen molar-refractivity contribution < 1.29 is 9.90 Å². The van der Waals surface area contributed by atoms with Crippen molar-refractivity contribution in [3.05, 3.63) is 11.6 Å². The normalized spacial score (nSPS) is 46.6. The Balaban J connectivity index is 0.000000777. The van der Waals surface area contributed by atoms with Gasteiger partial charge in [0.05, 0.1) is 5.41 Å². The van der Waals surface area contributed by atoms with Crippen LogP contribution in [0.25, 0.3) is 0 Å². The van der Waals surface area contributed by atoms with Gasteiger partial charge in [-0.15, -0.1) is 0 Å². The van der Waals surface area contributed by atoms with Crippen LogP contribution in [0.3, 0.4) is 0 Å². The molecule has 0 bridgehead atoms. The Labute approximate surface area is 212 Å². The zero-order valence-corrected chi connectivity index (χ0v) is 23.2. The summed E-state index contributed by atoms with van der Waals surface area (Å²) >= 11 is 0. The second-order valence-electron chi connectivity index (χ2n) is 12.4. The fraction of sp³-hybridized carbons (Fsp3) is 0.906. The Morgan fingerprint density at radius 3 is 2.12 bits per heavy atom. The molecular formula is C32H58O2. The van der Waals surface area contributed by atoms with Gasteiger partial charge in [0, 0.05) is 0 Å². The number of aliphatic carboxylic acids is 1. The van der Waals surface area contributed by atoms with Gasteiger partial charge in [0.1, 0.15) is 0 Å². The summed E-state index contributed by atoms with van der Waals surface area (Å²) < 4.78 is 0. The lowest BCUT2D eigenvalue weighted by Gasteiger charge is -2.66. The predicted octanol–water partition coefficient (Wildman–Crippen LogP) is 9.78. The number of carbonyl (C=O) groups is 1. The first-order valence-electron chi connectivity index (χ1n) is 14.7. The van der Waals surface area contributed by atoms with E-state index in [0.29, 0.717) is 28.6 Å². The van der Waals surface area contributed by atoms with E-state index < -0.39 is 11.4 Å². The lowest BCUT2D eigenvalue weighted by atomic mass is 9.38. The fourth-order valence-corrected chi connectivity index (χ4v) is 10.1. The van der Waals surface area contributed by atoms with Crippen LogP contribution in [0.4, 0.5) is 0 Å². The van der Waals surface area contributed by atoms with Crippen LogP contribution < -0.4 is 0 Å². The molecule has 0 radical (unpaired) electrons. The molecule has 34 heavy (non-hydrogen) atoms. The predicted molar refractivity (Wildman–Crippen MR) is 147 cm³/mol. The van der Waals surface area contributed by atoms with E-state index in [1.165, 1.54) is 44.9 Å². The van der Waals surface area contributed by atoms with Gasteiger partial charge in [-0.2, -0.15) is 0 Å². The van der Waals surface area contributed by atoms with Crippen molar-refractivity contribution in [1.29, 1.82) is 0 Å². The Hall–Kier alpha value is -0.790. The third-order valence-electron chi connectivity index (χ3n) is 11.4. The summed E-state index contributed by atoms with van der Waals surface area (Å²) in [6.07, 6.45) is 16.1. The van der Waals surface area contributed by atoms with Crippen molar-refractivity contribution >= 4 is 5.97 Å². The molecule has 9 unspecified atom stereocenters. The van der Waals surface area contributed by atoms with Gasteiger partial charge in [0.2, 0.25) is 0 Å². The van der Waals surface area contributed by atoms with Gasteiger partial charge in [-0.05, 0) is 91.3 Å². The highest BCUT2D eigenvalue weighted by atomic mass is 16.4. The van der Waals surface area contributed by atoms with E-state index >= 15 is 0 Å². The second-order valence-corrected chi connectivity index (χ2v) is 12.4. The molecule has 9 atom stereocenters. The van der Waals surface area contributed by atoms with Crippen LogP contribution in [0.5, 0.6) is 0 Å². The van der Waals surface area contributed by atoms with Gasteiger partial charge in [-0.1, -0.05) is 100 Å². The van der Waals surface area contributed by atoms with Gasteiger partial charge in [-0.25, -0.2) is 0 Å². The Morgan fingerprint density at radius 1 is 0.853 bits per heavy atom. The van der Waals surface area contributed by atoms with E-state index in [1.807, 2.05) is 27.7 Å². The number of hydrogen-bond acceptors (Lipinski definition) is 1. The minimum atomic E-state index is -0.502. The molecular weight excluding hydrogens is 416 g/mol. The van der Waals surface area contributed by atoms with Crippen molar-refractivity contribution in [3.8, 4) is 0 Å². The third-order valence-corrected chi connectivity index (χ3v) is 11.4. The van der Waals surface area contributed by atoms with Crippen LogP contribution >= 0.6 is 0 Å². The molecule has 2 nitrogen and oxygen atoms in total. The summed E-state index contributed by atoms with van der Waals surface area (Å²) in [5.41, 5.74) is 2.00. The molecule has 0 amide bonds. The molecule has 0 spiro atoms. The van der Waals surface area contributed by atoms with Crippen molar-refractivity contribution in [2.45, 2.75) is 133 Å². The highest BCUT2D eigenvalue weighted by Gasteiger charge is 2.63. The molecule has 0 saturated heterocycles. The fourth-order valence-electron chi connectivity index (χ4n) is 10.1. The van der Waals surface area contributed by atoms with Crippen LogP contribution in [-0.4, -0.2) is 11.1 Å². The maximum Gasteiger partial charge on any atom is 0.310 e. The van der Waals surface area contributed by atoms with Crippen LogP contribution in [0.15, 0.2) is 11.6 Å². The summed E-state index contributed by atoms with van der Waals surface area (Å²) in [4.78, 5) is 12.5. The van der Waals surface area contributed by atoms with Crippen molar-refractivity contribution in [1.82, 2.24) is 0 Å². The molecule has 1 N–H and O–H groups in total. The van der Waals surface area contributed by atoms with Crippen LogP contribution in [0, 0.1) is 51.8 Å². The molecule has 0 aromatic rings. The minimum absolute atomic E-state index is 0. The summed E-state index contributed by atoms with van der Waals surface area (Å²) in [5.74, 6) is 3.53. The second kappa shape index (κ2) is 11.1. The summed E-state index contributed by atoms with van der Waals surface area (Å²) in [6, 6.07) is 0. The van der Waals surface area contributed by atoms with Crippen molar-refractivity contribution in [2.24, 2.45) is 51.8 Å². The van der Waals surface area contributed by atoms with E-state index in [2.05, 4.69) is 33.8 Å². The first-order chi connectivity index (χ1) is 15.7. The zero-order chi connectivity index (χ0) is 24.6. The Morgan fingerprint density at radius 2 is 1.47 bits per heavy atom. The average molecular weight is 475 g/mol. The standard InChI is InChI=1S/C27H42O2.2C2H6.CH4/c1-17-7-5-13-25(3)20(17)11-15-26(4)21-12-16-27(24(28)29)14-6-8-18(2)23(27)19(21)9-10-22(25)26;2*1-2;/h9,17-18,20-23H,5-8,10-16H2,1-4H3,(H,28,29);2*1-2H3;1H4. The molecule has 4 saturated carbocycles. The third kappa shape index (κ3) is 4.21. The van der Waals surface area contributed by atoms with E-state index in [9.17, 15) is 9.90 Å². The average Bonchev–Trinajstić information content (AvgIpc) is 2.81.